The second-order valence-electron chi connectivity index (χ2n) is 5.03. The Morgan fingerprint density at radius 3 is 2.70 bits per heavy atom. The molecule has 0 bridgehead atoms. The van der Waals surface area contributed by atoms with E-state index in [-0.39, 0.29) is 11.4 Å². The molecule has 118 valence electrons. The number of carbonyl (C=O) groups is 2. The fourth-order valence-electron chi connectivity index (χ4n) is 2.08. The average molecular weight is 312 g/mol. The second-order valence-corrected chi connectivity index (χ2v) is 5.03. The number of carbonyl (C=O) groups excluding carboxylic acids is 2. The maximum absolute atomic E-state index is 12.2. The Morgan fingerprint density at radius 2 is 2.17 bits per heavy atom. The molecule has 0 N–H and O–H groups in total. The van der Waals surface area contributed by atoms with E-state index in [0.29, 0.717) is 11.3 Å². The monoisotopic (exact) mass is 312 g/mol. The van der Waals surface area contributed by atoms with Crippen molar-refractivity contribution in [3.63, 3.8) is 0 Å². The summed E-state index contributed by atoms with van der Waals surface area (Å²) in [6.45, 7) is 3.29. The third-order valence-electron chi connectivity index (χ3n) is 3.58. The number of ketones is 1. The number of esters is 1. The van der Waals surface area contributed by atoms with Crippen LogP contribution in [-0.4, -0.2) is 22.9 Å². The highest BCUT2D eigenvalue weighted by Crippen LogP contribution is 2.14. The van der Waals surface area contributed by atoms with Crippen molar-refractivity contribution in [2.75, 3.05) is 6.61 Å². The van der Waals surface area contributed by atoms with Crippen LogP contribution in [0.4, 0.5) is 0 Å². The van der Waals surface area contributed by atoms with Crippen LogP contribution in [0.1, 0.15) is 27.5 Å². The van der Waals surface area contributed by atoms with Crippen LogP contribution in [0.3, 0.4) is 0 Å². The third kappa shape index (κ3) is 3.58. The third-order valence-corrected chi connectivity index (χ3v) is 3.58. The number of Topliss-reactive ketones (excluding diaryl/α,β-unsaturated/α-hetero) is 1. The largest absolute Gasteiger partial charge is 0.465 e. The fraction of sp³-hybridized carbons (Fsp3) is 0.235. The lowest BCUT2D eigenvalue weighted by Gasteiger charge is -2.04. The van der Waals surface area contributed by atoms with Crippen molar-refractivity contribution < 1.29 is 18.7 Å². The summed E-state index contributed by atoms with van der Waals surface area (Å²) < 4.78 is 11.9. The molecular weight excluding hydrogens is 296 g/mol. The van der Waals surface area contributed by atoms with Crippen molar-refractivity contribution in [3.05, 3.63) is 52.7 Å². The lowest BCUT2D eigenvalue weighted by Crippen LogP contribution is -2.15. The van der Waals surface area contributed by atoms with Gasteiger partial charge in [-0.05, 0) is 32.0 Å². The fourth-order valence-corrected chi connectivity index (χ4v) is 2.08. The molecule has 0 unspecified atom stereocenters. The van der Waals surface area contributed by atoms with E-state index in [1.54, 1.807) is 24.3 Å². The molecule has 6 nitrogen and oxygen atoms in total. The van der Waals surface area contributed by atoms with Crippen LogP contribution < -0.4 is 0 Å². The molecular formula is C17H16N2O4. The lowest BCUT2D eigenvalue weighted by atomic mass is 10.1. The molecule has 0 saturated heterocycles. The number of nitrogens with zero attached hydrogens (tertiary/aromatic N) is 2. The highest BCUT2D eigenvalue weighted by atomic mass is 16.5. The van der Waals surface area contributed by atoms with Crippen LogP contribution in [0.5, 0.6) is 0 Å². The zero-order valence-corrected chi connectivity index (χ0v) is 13.1. The minimum Gasteiger partial charge on any atom is -0.465 e. The first-order valence-corrected chi connectivity index (χ1v) is 6.92. The van der Waals surface area contributed by atoms with E-state index in [1.807, 2.05) is 25.5 Å². The molecule has 2 rings (SSSR count). The van der Waals surface area contributed by atoms with Crippen molar-refractivity contribution in [3.8, 4) is 6.07 Å². The number of aromatic nitrogens is 1. The molecule has 0 aliphatic heterocycles. The Balaban J connectivity index is 2.05. The normalized spacial score (nSPS) is 11.1. The minimum atomic E-state index is -0.859. The van der Waals surface area contributed by atoms with Gasteiger partial charge in [0.25, 0.3) is 0 Å². The molecule has 0 aliphatic rings. The zero-order valence-electron chi connectivity index (χ0n) is 13.1. The summed E-state index contributed by atoms with van der Waals surface area (Å²) >= 11 is 0. The van der Waals surface area contributed by atoms with Crippen molar-refractivity contribution >= 4 is 17.8 Å². The van der Waals surface area contributed by atoms with Gasteiger partial charge in [0.1, 0.15) is 17.4 Å². The van der Waals surface area contributed by atoms with Gasteiger partial charge in [-0.15, -0.1) is 0 Å². The highest BCUT2D eigenvalue weighted by Gasteiger charge is 2.18. The SMILES string of the molecule is Cc1cc(C(=O)COC(=O)/C(C#N)=C/c2ccco2)c(C)n1C. The number of ether oxygens (including phenoxy) is 1. The minimum absolute atomic E-state index is 0.228. The molecule has 0 saturated carbocycles. The molecule has 2 aromatic rings. The molecule has 0 aliphatic carbocycles. The standard InChI is InChI=1S/C17H16N2O4/c1-11-7-15(12(2)19(11)3)16(20)10-23-17(21)13(9-18)8-14-5-4-6-22-14/h4-8H,10H2,1-3H3/b13-8+. The Kier molecular flexibility index (Phi) is 4.82. The molecule has 0 atom stereocenters. The van der Waals surface area contributed by atoms with Crippen molar-refractivity contribution in [1.82, 2.24) is 4.57 Å². The number of furan rings is 1. The van der Waals surface area contributed by atoms with Gasteiger partial charge >= 0.3 is 5.97 Å². The number of nitriles is 1. The van der Waals surface area contributed by atoms with E-state index in [9.17, 15) is 9.59 Å². The molecule has 0 fully saturated rings. The molecule has 0 amide bonds. The predicted octanol–water partition coefficient (Wildman–Crippen LogP) is 2.57. The van der Waals surface area contributed by atoms with Crippen molar-refractivity contribution in [2.24, 2.45) is 7.05 Å². The van der Waals surface area contributed by atoms with Crippen LogP contribution in [-0.2, 0) is 16.6 Å². The molecule has 23 heavy (non-hydrogen) atoms. The van der Waals surface area contributed by atoms with Gasteiger partial charge in [-0.1, -0.05) is 0 Å². The highest BCUT2D eigenvalue weighted by molar-refractivity contribution is 6.02. The van der Waals surface area contributed by atoms with Crippen LogP contribution in [0.15, 0.2) is 34.5 Å². The number of aryl methyl sites for hydroxylation is 1. The summed E-state index contributed by atoms with van der Waals surface area (Å²) in [5, 5.41) is 9.01. The molecule has 2 aromatic heterocycles. The summed E-state index contributed by atoms with van der Waals surface area (Å²) in [4.78, 5) is 24.0. The summed E-state index contributed by atoms with van der Waals surface area (Å²) in [5.41, 5.74) is 2.02. The topological polar surface area (TPSA) is 85.2 Å². The van der Waals surface area contributed by atoms with Gasteiger partial charge < -0.3 is 13.7 Å². The van der Waals surface area contributed by atoms with Crippen LogP contribution in [0.25, 0.3) is 6.08 Å². The summed E-state index contributed by atoms with van der Waals surface area (Å²) in [6.07, 6.45) is 2.70. The average Bonchev–Trinajstić information content (AvgIpc) is 3.14. The van der Waals surface area contributed by atoms with Gasteiger partial charge in [-0.25, -0.2) is 4.79 Å². The number of rotatable bonds is 5. The number of hydrogen-bond acceptors (Lipinski definition) is 5. The quantitative estimate of drug-likeness (QED) is 0.366. The number of hydrogen-bond donors (Lipinski definition) is 0. The van der Waals surface area contributed by atoms with E-state index in [4.69, 9.17) is 14.4 Å². The Morgan fingerprint density at radius 1 is 1.43 bits per heavy atom. The summed E-state index contributed by atoms with van der Waals surface area (Å²) in [7, 11) is 1.85. The van der Waals surface area contributed by atoms with Gasteiger partial charge in [0, 0.05) is 30.1 Å². The maximum atomic E-state index is 12.2. The first kappa shape index (κ1) is 16.3. The van der Waals surface area contributed by atoms with E-state index < -0.39 is 12.6 Å². The Hall–Kier alpha value is -3.07. The maximum Gasteiger partial charge on any atom is 0.349 e. The van der Waals surface area contributed by atoms with Crippen LogP contribution in [0.2, 0.25) is 0 Å². The molecule has 0 aromatic carbocycles. The van der Waals surface area contributed by atoms with E-state index in [0.717, 1.165) is 11.4 Å². The molecule has 6 heteroatoms. The van der Waals surface area contributed by atoms with Gasteiger partial charge in [-0.2, -0.15) is 5.26 Å². The van der Waals surface area contributed by atoms with E-state index >= 15 is 0 Å². The van der Waals surface area contributed by atoms with Crippen LogP contribution >= 0.6 is 0 Å². The van der Waals surface area contributed by atoms with Gasteiger partial charge in [0.2, 0.25) is 5.78 Å². The molecule has 0 spiro atoms. The van der Waals surface area contributed by atoms with Crippen molar-refractivity contribution in [2.45, 2.75) is 13.8 Å². The second kappa shape index (κ2) is 6.79. The predicted molar refractivity (Wildman–Crippen MR) is 82.5 cm³/mol. The van der Waals surface area contributed by atoms with Gasteiger partial charge in [-0.3, -0.25) is 4.79 Å². The lowest BCUT2D eigenvalue weighted by molar-refractivity contribution is -0.137. The van der Waals surface area contributed by atoms with Gasteiger partial charge in [0.05, 0.1) is 6.26 Å². The molecule has 0 radical (unpaired) electrons. The van der Waals surface area contributed by atoms with E-state index in [2.05, 4.69) is 0 Å². The van der Waals surface area contributed by atoms with Gasteiger partial charge in [0.15, 0.2) is 6.61 Å². The molecule has 2 heterocycles. The van der Waals surface area contributed by atoms with E-state index in [1.165, 1.54) is 12.3 Å². The van der Waals surface area contributed by atoms with Crippen LogP contribution in [0, 0.1) is 25.2 Å². The first-order chi connectivity index (χ1) is 10.9. The Bertz CT molecular complexity index is 805. The first-order valence-electron chi connectivity index (χ1n) is 6.92. The Labute approximate surface area is 133 Å². The summed E-state index contributed by atoms with van der Waals surface area (Å²) in [5.74, 6) is -0.809. The summed E-state index contributed by atoms with van der Waals surface area (Å²) in [6, 6.07) is 6.72. The van der Waals surface area contributed by atoms with Crippen molar-refractivity contribution in [1.29, 1.82) is 5.26 Å². The zero-order chi connectivity index (χ0) is 17.0. The smallest absolute Gasteiger partial charge is 0.349 e.